The fraction of sp³-hybridized carbons (Fsp3) is 0.200. The molecule has 1 aliphatic rings. The first-order valence-corrected chi connectivity index (χ1v) is 6.66. The van der Waals surface area contributed by atoms with Gasteiger partial charge in [0, 0.05) is 11.8 Å². The Morgan fingerprint density at radius 3 is 2.35 bits per heavy atom. The Bertz CT molecular complexity index is 693. The monoisotopic (exact) mass is 326 g/mol. The number of para-hydroxylation sites is 2. The zero-order chi connectivity index (χ0) is 17.0. The fourth-order valence-corrected chi connectivity index (χ4v) is 1.85. The Balaban J connectivity index is 2.44. The van der Waals surface area contributed by atoms with Gasteiger partial charge in [0.15, 0.2) is 0 Å². The molecule has 5 nitrogen and oxygen atoms in total. The van der Waals surface area contributed by atoms with Crippen molar-refractivity contribution < 1.29 is 27.5 Å². The molecule has 2 N–H and O–H groups in total. The van der Waals surface area contributed by atoms with E-state index in [1.54, 1.807) is 31.2 Å². The van der Waals surface area contributed by atoms with Gasteiger partial charge in [0.1, 0.15) is 5.70 Å². The molecule has 8 heteroatoms. The van der Waals surface area contributed by atoms with E-state index in [0.717, 1.165) is 6.08 Å². The molecule has 0 fully saturated rings. The van der Waals surface area contributed by atoms with Crippen LogP contribution < -0.4 is 10.6 Å². The van der Waals surface area contributed by atoms with Gasteiger partial charge < -0.3 is 15.4 Å². The van der Waals surface area contributed by atoms with Crippen LogP contribution in [0.3, 0.4) is 0 Å². The molecule has 1 aliphatic heterocycles. The van der Waals surface area contributed by atoms with Crippen LogP contribution in [0.25, 0.3) is 0 Å². The van der Waals surface area contributed by atoms with Crippen molar-refractivity contribution in [2.75, 3.05) is 17.2 Å². The van der Waals surface area contributed by atoms with Crippen LogP contribution in [0, 0.1) is 0 Å². The molecular formula is C15H13F3N2O3. The highest BCUT2D eigenvalue weighted by atomic mass is 19.4. The molecule has 23 heavy (non-hydrogen) atoms. The molecule has 0 bridgehead atoms. The van der Waals surface area contributed by atoms with E-state index in [9.17, 15) is 22.8 Å². The van der Waals surface area contributed by atoms with Crippen molar-refractivity contribution in [3.8, 4) is 0 Å². The molecule has 1 aromatic carbocycles. The number of halogens is 3. The number of ether oxygens (including phenoxy) is 1. The predicted octanol–water partition coefficient (Wildman–Crippen LogP) is 2.99. The van der Waals surface area contributed by atoms with Crippen LogP contribution in [0.15, 0.2) is 47.8 Å². The molecule has 0 atom stereocenters. The summed E-state index contributed by atoms with van der Waals surface area (Å²) in [4.78, 5) is 23.0. The zero-order valence-corrected chi connectivity index (χ0v) is 12.0. The summed E-state index contributed by atoms with van der Waals surface area (Å²) in [7, 11) is 0. The van der Waals surface area contributed by atoms with Gasteiger partial charge in [-0.3, -0.25) is 4.79 Å². The number of alkyl halides is 3. The summed E-state index contributed by atoms with van der Waals surface area (Å²) in [5.74, 6) is -2.77. The number of hydrogen-bond donors (Lipinski definition) is 2. The molecule has 0 spiro atoms. The maximum atomic E-state index is 12.4. The summed E-state index contributed by atoms with van der Waals surface area (Å²) in [6.45, 7) is 1.71. The topological polar surface area (TPSA) is 67.4 Å². The number of carbonyl (C=O) groups is 2. The third-order valence-electron chi connectivity index (χ3n) is 2.84. The summed E-state index contributed by atoms with van der Waals surface area (Å²) in [5.41, 5.74) is 0.636. The van der Waals surface area contributed by atoms with Crippen molar-refractivity contribution in [3.63, 3.8) is 0 Å². The molecule has 1 heterocycles. The second kappa shape index (κ2) is 6.55. The molecule has 0 aliphatic carbocycles. The number of hydrogen-bond acceptors (Lipinski definition) is 5. The van der Waals surface area contributed by atoms with Gasteiger partial charge >= 0.3 is 12.1 Å². The predicted molar refractivity (Wildman–Crippen MR) is 77.5 cm³/mol. The number of anilines is 2. The van der Waals surface area contributed by atoms with Crippen molar-refractivity contribution in [3.05, 3.63) is 47.8 Å². The van der Waals surface area contributed by atoms with Crippen molar-refractivity contribution in [2.24, 2.45) is 0 Å². The van der Waals surface area contributed by atoms with Crippen LogP contribution in [-0.4, -0.2) is 24.5 Å². The molecule has 0 saturated carbocycles. The van der Waals surface area contributed by atoms with Gasteiger partial charge in [-0.25, -0.2) is 4.79 Å². The van der Waals surface area contributed by atoms with Crippen molar-refractivity contribution in [1.29, 1.82) is 0 Å². The summed E-state index contributed by atoms with van der Waals surface area (Å²) >= 11 is 0. The number of esters is 1. The van der Waals surface area contributed by atoms with E-state index in [1.807, 2.05) is 0 Å². The summed E-state index contributed by atoms with van der Waals surface area (Å²) < 4.78 is 42.1. The Hall–Kier alpha value is -2.77. The van der Waals surface area contributed by atoms with E-state index in [0.29, 0.717) is 17.5 Å². The van der Waals surface area contributed by atoms with Crippen LogP contribution in [0.1, 0.15) is 6.92 Å². The summed E-state index contributed by atoms with van der Waals surface area (Å²) in [6, 6.07) is 6.57. The van der Waals surface area contributed by atoms with Crippen LogP contribution in [0.2, 0.25) is 0 Å². The van der Waals surface area contributed by atoms with Crippen molar-refractivity contribution >= 4 is 23.1 Å². The number of allylic oxidation sites excluding steroid dienone is 2. The molecule has 1 aromatic rings. The lowest BCUT2D eigenvalue weighted by molar-refractivity contribution is -0.165. The van der Waals surface area contributed by atoms with E-state index in [2.05, 4.69) is 10.6 Å². The number of nitrogens with one attached hydrogen (secondary N) is 2. The van der Waals surface area contributed by atoms with Gasteiger partial charge in [0.25, 0.3) is 5.78 Å². The van der Waals surface area contributed by atoms with Crippen LogP contribution in [0.5, 0.6) is 0 Å². The first-order chi connectivity index (χ1) is 10.8. The number of benzene rings is 1. The Kier molecular flexibility index (Phi) is 4.73. The van der Waals surface area contributed by atoms with Gasteiger partial charge in [-0.1, -0.05) is 12.1 Å². The van der Waals surface area contributed by atoms with Crippen LogP contribution in [0.4, 0.5) is 24.5 Å². The van der Waals surface area contributed by atoms with E-state index in [1.165, 1.54) is 0 Å². The summed E-state index contributed by atoms with van der Waals surface area (Å²) in [6.07, 6.45) is -3.50. The first kappa shape index (κ1) is 16.6. The second-order valence-corrected chi connectivity index (χ2v) is 4.54. The quantitative estimate of drug-likeness (QED) is 0.660. The zero-order valence-electron chi connectivity index (χ0n) is 12.0. The van der Waals surface area contributed by atoms with Crippen molar-refractivity contribution in [2.45, 2.75) is 13.1 Å². The Labute approximate surface area is 129 Å². The largest absolute Gasteiger partial charge is 0.461 e. The number of fused-ring (bicyclic) bond motifs is 1. The highest BCUT2D eigenvalue weighted by Gasteiger charge is 2.37. The maximum absolute atomic E-state index is 12.4. The molecule has 122 valence electrons. The van der Waals surface area contributed by atoms with Crippen molar-refractivity contribution in [1.82, 2.24) is 0 Å². The number of ketones is 1. The van der Waals surface area contributed by atoms with Gasteiger partial charge in [0.05, 0.1) is 18.0 Å². The first-order valence-electron chi connectivity index (χ1n) is 6.66. The number of rotatable bonds is 3. The van der Waals surface area contributed by atoms with E-state index < -0.39 is 17.9 Å². The van der Waals surface area contributed by atoms with Crippen LogP contribution in [-0.2, 0) is 14.3 Å². The minimum absolute atomic E-state index is 0.0782. The molecular weight excluding hydrogens is 313 g/mol. The third kappa shape index (κ3) is 4.12. The molecule has 0 saturated heterocycles. The van der Waals surface area contributed by atoms with Gasteiger partial charge in [-0.15, -0.1) is 0 Å². The van der Waals surface area contributed by atoms with E-state index >= 15 is 0 Å². The highest BCUT2D eigenvalue weighted by molar-refractivity contribution is 5.99. The Morgan fingerprint density at radius 2 is 1.78 bits per heavy atom. The summed E-state index contributed by atoms with van der Waals surface area (Å²) in [5, 5.41) is 5.46. The molecule has 0 unspecified atom stereocenters. The lowest BCUT2D eigenvalue weighted by Gasteiger charge is -2.10. The van der Waals surface area contributed by atoms with E-state index in [-0.39, 0.29) is 18.0 Å². The second-order valence-electron chi connectivity index (χ2n) is 4.54. The van der Waals surface area contributed by atoms with Crippen LogP contribution >= 0.6 is 0 Å². The van der Waals surface area contributed by atoms with Gasteiger partial charge in [0.2, 0.25) is 0 Å². The van der Waals surface area contributed by atoms with E-state index in [4.69, 9.17) is 4.74 Å². The average Bonchev–Trinajstić information content (AvgIpc) is 2.65. The smallest absolute Gasteiger partial charge is 0.454 e. The normalized spacial score (nSPS) is 15.7. The molecule has 0 radical (unpaired) electrons. The lowest BCUT2D eigenvalue weighted by atomic mass is 10.2. The maximum Gasteiger partial charge on any atom is 0.454 e. The minimum atomic E-state index is -4.99. The molecule has 2 rings (SSSR count). The standard InChI is InChI=1S/C15H13F3N2O3/c1-2-23-14(22)12-7-9(8-13(21)15(16,17)18)19-10-5-3-4-6-11(10)20-12/h3-8,19-20H,2H2,1H3/b9-8-. The Morgan fingerprint density at radius 1 is 1.17 bits per heavy atom. The average molecular weight is 326 g/mol. The highest BCUT2D eigenvalue weighted by Crippen LogP contribution is 2.28. The number of carbonyl (C=O) groups excluding carboxylic acids is 2. The van der Waals surface area contributed by atoms with Gasteiger partial charge in [-0.05, 0) is 25.1 Å². The van der Waals surface area contributed by atoms with Gasteiger partial charge in [-0.2, -0.15) is 13.2 Å². The SMILES string of the molecule is CCOC(=O)C1=C/C(=C/C(=O)C(F)(F)F)Nc2ccccc2N1. The lowest BCUT2D eigenvalue weighted by Crippen LogP contribution is -2.21. The molecule has 0 aromatic heterocycles. The fourth-order valence-electron chi connectivity index (χ4n) is 1.85. The molecule has 0 amide bonds. The minimum Gasteiger partial charge on any atom is -0.461 e. The third-order valence-corrected chi connectivity index (χ3v) is 2.84.